The molecule has 0 amide bonds. The molecule has 1 saturated carbocycles. The van der Waals surface area contributed by atoms with E-state index in [1.807, 2.05) is 30.3 Å². The number of aryl methyl sites for hydroxylation is 1. The van der Waals surface area contributed by atoms with Gasteiger partial charge in [0.25, 0.3) is 5.56 Å². The Bertz CT molecular complexity index is 1590. The zero-order valence-corrected chi connectivity index (χ0v) is 22.9. The lowest BCUT2D eigenvalue weighted by atomic mass is 9.93. The van der Waals surface area contributed by atoms with Gasteiger partial charge in [0.05, 0.1) is 29.1 Å². The first-order valence-corrected chi connectivity index (χ1v) is 13.8. The fourth-order valence-electron chi connectivity index (χ4n) is 5.15. The van der Waals surface area contributed by atoms with Crippen LogP contribution in [-0.2, 0) is 21.6 Å². The fraction of sp³-hybridized carbons (Fsp3) is 0.429. The molecule has 1 aliphatic carbocycles. The van der Waals surface area contributed by atoms with Crippen LogP contribution in [0.2, 0.25) is 0 Å². The molecule has 1 atom stereocenters. The van der Waals surface area contributed by atoms with Gasteiger partial charge in [-0.15, -0.1) is 11.3 Å². The quantitative estimate of drug-likeness (QED) is 0.334. The van der Waals surface area contributed by atoms with Crippen molar-refractivity contribution in [3.8, 4) is 10.8 Å². The highest BCUT2D eigenvalue weighted by molar-refractivity contribution is 7.22. The number of aromatic nitrogens is 3. The van der Waals surface area contributed by atoms with Gasteiger partial charge in [-0.25, -0.2) is 19.1 Å². The minimum atomic E-state index is -1.79. The molecule has 1 fully saturated rings. The summed E-state index contributed by atoms with van der Waals surface area (Å²) in [5.74, 6) is -0.964. The molecule has 3 N–H and O–H groups in total. The predicted octanol–water partition coefficient (Wildman–Crippen LogP) is 4.04. The third kappa shape index (κ3) is 4.97. The van der Waals surface area contributed by atoms with E-state index in [0.29, 0.717) is 21.2 Å². The number of rotatable bonds is 8. The van der Waals surface area contributed by atoms with E-state index in [-0.39, 0.29) is 24.1 Å². The van der Waals surface area contributed by atoms with Crippen molar-refractivity contribution >= 4 is 27.5 Å². The average molecular weight is 553 g/mol. The van der Waals surface area contributed by atoms with Crippen molar-refractivity contribution in [3.63, 3.8) is 0 Å². The number of carboxylic acid groups (broad SMARTS) is 1. The molecule has 39 heavy (non-hydrogen) atoms. The molecule has 11 heteroatoms. The molecule has 1 aromatic carbocycles. The number of thiophene rings is 1. The Morgan fingerprint density at radius 2 is 1.92 bits per heavy atom. The topological polar surface area (TPSA) is 143 Å². The van der Waals surface area contributed by atoms with Gasteiger partial charge in [-0.2, -0.15) is 0 Å². The number of hydrogen-bond donors (Lipinski definition) is 2. The van der Waals surface area contributed by atoms with Crippen LogP contribution in [0.5, 0.6) is 0 Å². The van der Waals surface area contributed by atoms with Crippen molar-refractivity contribution < 1.29 is 19.1 Å². The lowest BCUT2D eigenvalue weighted by Gasteiger charge is -2.31. The van der Waals surface area contributed by atoms with E-state index in [0.717, 1.165) is 35.8 Å². The first kappa shape index (κ1) is 27.0. The summed E-state index contributed by atoms with van der Waals surface area (Å²) in [6.07, 6.45) is 5.74. The molecule has 206 valence electrons. The maximum atomic E-state index is 14.0. The van der Waals surface area contributed by atoms with E-state index in [1.54, 1.807) is 6.92 Å². The van der Waals surface area contributed by atoms with Gasteiger partial charge in [0.15, 0.2) is 0 Å². The third-order valence-electron chi connectivity index (χ3n) is 7.52. The third-order valence-corrected chi connectivity index (χ3v) is 8.82. The Labute approximate surface area is 228 Å². The summed E-state index contributed by atoms with van der Waals surface area (Å²) in [7, 11) is 0. The van der Waals surface area contributed by atoms with Gasteiger partial charge in [-0.3, -0.25) is 9.36 Å². The van der Waals surface area contributed by atoms with Crippen molar-refractivity contribution in [3.05, 3.63) is 74.8 Å². The highest BCUT2D eigenvalue weighted by Gasteiger charge is 2.36. The summed E-state index contributed by atoms with van der Waals surface area (Å²) in [4.78, 5) is 45.3. The van der Waals surface area contributed by atoms with E-state index in [2.05, 4.69) is 4.98 Å². The molecule has 0 bridgehead atoms. The molecule has 5 rings (SSSR count). The Kier molecular flexibility index (Phi) is 7.32. The highest BCUT2D eigenvalue weighted by atomic mass is 32.1. The van der Waals surface area contributed by atoms with E-state index >= 15 is 0 Å². The molecule has 0 unspecified atom stereocenters. The summed E-state index contributed by atoms with van der Waals surface area (Å²) in [5.41, 5.74) is 4.39. The van der Waals surface area contributed by atoms with Crippen LogP contribution in [0.3, 0.4) is 0 Å². The van der Waals surface area contributed by atoms with E-state index in [4.69, 9.17) is 14.9 Å². The van der Waals surface area contributed by atoms with Gasteiger partial charge in [0.2, 0.25) is 5.89 Å². The second kappa shape index (κ2) is 10.6. The molecule has 10 nitrogen and oxygen atoms in total. The lowest BCUT2D eigenvalue weighted by Crippen LogP contribution is -2.52. The molecule has 4 aromatic rings. The maximum absolute atomic E-state index is 14.0. The van der Waals surface area contributed by atoms with Gasteiger partial charge >= 0.3 is 11.7 Å². The van der Waals surface area contributed by atoms with Crippen LogP contribution in [0.4, 0.5) is 0 Å². The number of nitrogens with two attached hydrogens (primary N) is 1. The highest BCUT2D eigenvalue weighted by Crippen LogP contribution is 2.37. The molecular formula is C28H32N4O6S. The summed E-state index contributed by atoms with van der Waals surface area (Å²) in [5, 5.41) is 10.2. The SMILES string of the molecule is Cc1c(-c2ncco2)sc2c1c(=O)n(C(C)(C)C(=O)O)c(=O)n2C[C@H](O[C@H]1CC[C@@H](N)CC1)c1ccccc1. The predicted molar refractivity (Wildman–Crippen MR) is 148 cm³/mol. The Balaban J connectivity index is 1.71. The first-order chi connectivity index (χ1) is 18.6. The van der Waals surface area contributed by atoms with Gasteiger partial charge in [-0.05, 0) is 57.6 Å². The summed E-state index contributed by atoms with van der Waals surface area (Å²) in [6.45, 7) is 4.54. The molecule has 0 radical (unpaired) electrons. The van der Waals surface area contributed by atoms with Gasteiger partial charge in [-0.1, -0.05) is 30.3 Å². The number of nitrogens with zero attached hydrogens (tertiary/aromatic N) is 3. The van der Waals surface area contributed by atoms with E-state index in [1.165, 1.54) is 42.2 Å². The smallest absolute Gasteiger partial charge is 0.333 e. The first-order valence-electron chi connectivity index (χ1n) is 13.0. The number of carboxylic acids is 1. The molecule has 1 aliphatic rings. The molecular weight excluding hydrogens is 520 g/mol. The van der Waals surface area contributed by atoms with Crippen molar-refractivity contribution in [2.45, 2.75) is 76.8 Å². The van der Waals surface area contributed by atoms with Crippen LogP contribution in [-0.4, -0.2) is 37.3 Å². The zero-order valence-electron chi connectivity index (χ0n) is 22.1. The molecule has 0 spiro atoms. The number of benzene rings is 1. The van der Waals surface area contributed by atoms with Gasteiger partial charge in [0, 0.05) is 6.04 Å². The number of ether oxygens (including phenoxy) is 1. The van der Waals surface area contributed by atoms with Crippen LogP contribution in [0.25, 0.3) is 21.0 Å². The summed E-state index contributed by atoms with van der Waals surface area (Å²) in [6, 6.07) is 9.77. The monoisotopic (exact) mass is 552 g/mol. The van der Waals surface area contributed by atoms with Crippen molar-refractivity contribution in [1.29, 1.82) is 0 Å². The van der Waals surface area contributed by atoms with Crippen LogP contribution in [0.15, 0.2) is 56.8 Å². The number of fused-ring (bicyclic) bond motifs is 1. The lowest BCUT2D eigenvalue weighted by molar-refractivity contribution is -0.146. The molecule has 3 aromatic heterocycles. The number of aliphatic carboxylic acids is 1. The molecule has 3 heterocycles. The van der Waals surface area contributed by atoms with Crippen LogP contribution >= 0.6 is 11.3 Å². The maximum Gasteiger partial charge on any atom is 0.333 e. The number of oxazole rings is 1. The second-order valence-electron chi connectivity index (χ2n) is 10.5. The van der Waals surface area contributed by atoms with Crippen LogP contribution in [0, 0.1) is 6.92 Å². The number of carbonyl (C=O) groups is 1. The van der Waals surface area contributed by atoms with Gasteiger partial charge in [0.1, 0.15) is 22.7 Å². The van der Waals surface area contributed by atoms with Crippen LogP contribution in [0.1, 0.15) is 56.8 Å². The number of hydrogen-bond acceptors (Lipinski definition) is 8. The van der Waals surface area contributed by atoms with Gasteiger partial charge < -0.3 is 20.0 Å². The fourth-order valence-corrected chi connectivity index (χ4v) is 6.40. The minimum absolute atomic E-state index is 0.0319. The summed E-state index contributed by atoms with van der Waals surface area (Å²) >= 11 is 1.22. The molecule has 0 saturated heterocycles. The van der Waals surface area contributed by atoms with Crippen molar-refractivity contribution in [2.75, 3.05) is 0 Å². The second-order valence-corrected chi connectivity index (χ2v) is 11.5. The average Bonchev–Trinajstić information content (AvgIpc) is 3.55. The standard InChI is InChI=1S/C28H32N4O6S/c1-16-21-24(33)32(28(2,3)26(34)35)27(36)31(25(21)39-22(16)23-30-13-14-37-23)15-20(17-7-5-4-6-8-17)38-19-11-9-18(29)10-12-19/h4-8,13-14,18-20H,9-12,15,29H2,1-3H3,(H,34,35)/t18-,19+,20-/m0/s1. The Morgan fingerprint density at radius 1 is 1.23 bits per heavy atom. The normalized spacial score (nSPS) is 18.9. The Morgan fingerprint density at radius 3 is 2.54 bits per heavy atom. The molecule has 0 aliphatic heterocycles. The zero-order chi connectivity index (χ0) is 27.9. The largest absolute Gasteiger partial charge is 0.480 e. The van der Waals surface area contributed by atoms with Crippen LogP contribution < -0.4 is 17.0 Å². The Hall–Kier alpha value is -3.54. The van der Waals surface area contributed by atoms with Crippen molar-refractivity contribution in [1.82, 2.24) is 14.1 Å². The van der Waals surface area contributed by atoms with E-state index in [9.17, 15) is 19.5 Å². The minimum Gasteiger partial charge on any atom is -0.480 e. The van der Waals surface area contributed by atoms with E-state index < -0.39 is 28.9 Å². The summed E-state index contributed by atoms with van der Waals surface area (Å²) < 4.78 is 14.4. The van der Waals surface area contributed by atoms with Crippen molar-refractivity contribution in [2.24, 2.45) is 5.73 Å².